The molecule has 0 aromatic heterocycles. The zero-order chi connectivity index (χ0) is 18.8. The van der Waals surface area contributed by atoms with Crippen LogP contribution >= 0.6 is 0 Å². The molecule has 1 atom stereocenters. The standard InChI is InChI=1S/C17H26N4O4/c1-4-25-13-7-5-12(6-8-13)21-15(23)10-19-14(22)9-20-17(24)16(18)11(2)3/h5-8,11,16H,4,9-10,18H2,1-3H3,(H,19,22)(H,20,24)(H,21,23)/t16-/m0/s1. The minimum atomic E-state index is -0.671. The highest BCUT2D eigenvalue weighted by atomic mass is 16.5. The maximum Gasteiger partial charge on any atom is 0.243 e. The first kappa shape index (κ1) is 20.4. The predicted octanol–water partition coefficient (Wildman–Crippen LogP) is 0.240. The van der Waals surface area contributed by atoms with Gasteiger partial charge in [-0.1, -0.05) is 13.8 Å². The van der Waals surface area contributed by atoms with Crippen molar-refractivity contribution in [3.63, 3.8) is 0 Å². The van der Waals surface area contributed by atoms with Gasteiger partial charge in [-0.05, 0) is 37.1 Å². The number of anilines is 1. The van der Waals surface area contributed by atoms with Crippen LogP contribution in [0.2, 0.25) is 0 Å². The fourth-order valence-electron chi connectivity index (χ4n) is 1.84. The molecule has 0 saturated carbocycles. The van der Waals surface area contributed by atoms with E-state index in [1.165, 1.54) is 0 Å². The van der Waals surface area contributed by atoms with E-state index in [1.807, 2.05) is 20.8 Å². The van der Waals surface area contributed by atoms with Crippen LogP contribution in [0.25, 0.3) is 0 Å². The second kappa shape index (κ2) is 10.3. The predicted molar refractivity (Wildman–Crippen MR) is 95.1 cm³/mol. The molecule has 0 fully saturated rings. The molecule has 0 aliphatic rings. The molecule has 3 amide bonds. The molecule has 1 aromatic rings. The fraction of sp³-hybridized carbons (Fsp3) is 0.471. The van der Waals surface area contributed by atoms with Crippen LogP contribution in [0, 0.1) is 5.92 Å². The van der Waals surface area contributed by atoms with Crippen molar-refractivity contribution in [1.29, 1.82) is 0 Å². The van der Waals surface area contributed by atoms with Gasteiger partial charge in [0.05, 0.1) is 25.7 Å². The van der Waals surface area contributed by atoms with E-state index in [2.05, 4.69) is 16.0 Å². The normalized spacial score (nSPS) is 11.6. The van der Waals surface area contributed by atoms with Crippen LogP contribution in [0.4, 0.5) is 5.69 Å². The third kappa shape index (κ3) is 7.67. The van der Waals surface area contributed by atoms with Gasteiger partial charge in [0, 0.05) is 5.69 Å². The molecular formula is C17H26N4O4. The first-order chi connectivity index (χ1) is 11.8. The molecule has 0 radical (unpaired) electrons. The number of hydrogen-bond donors (Lipinski definition) is 4. The molecule has 8 heteroatoms. The first-order valence-corrected chi connectivity index (χ1v) is 8.16. The van der Waals surface area contributed by atoms with Gasteiger partial charge in [-0.15, -0.1) is 0 Å². The highest BCUT2D eigenvalue weighted by Crippen LogP contribution is 2.15. The van der Waals surface area contributed by atoms with Crippen LogP contribution in [0.15, 0.2) is 24.3 Å². The Labute approximate surface area is 147 Å². The Morgan fingerprint density at radius 1 is 1.04 bits per heavy atom. The van der Waals surface area contributed by atoms with E-state index in [1.54, 1.807) is 24.3 Å². The number of nitrogens with one attached hydrogen (secondary N) is 3. The summed E-state index contributed by atoms with van der Waals surface area (Å²) in [5.74, 6) is -0.551. The lowest BCUT2D eigenvalue weighted by Crippen LogP contribution is -2.47. The number of nitrogens with two attached hydrogens (primary N) is 1. The van der Waals surface area contributed by atoms with Crippen LogP contribution in [0.3, 0.4) is 0 Å². The summed E-state index contributed by atoms with van der Waals surface area (Å²) in [6.45, 7) is 5.66. The Kier molecular flexibility index (Phi) is 8.42. The van der Waals surface area contributed by atoms with Crippen molar-refractivity contribution in [1.82, 2.24) is 10.6 Å². The summed E-state index contributed by atoms with van der Waals surface area (Å²) in [6.07, 6.45) is 0. The van der Waals surface area contributed by atoms with E-state index < -0.39 is 17.9 Å². The van der Waals surface area contributed by atoms with Gasteiger partial charge in [-0.2, -0.15) is 0 Å². The van der Waals surface area contributed by atoms with Gasteiger partial charge in [0.15, 0.2) is 0 Å². The van der Waals surface area contributed by atoms with Crippen molar-refractivity contribution in [2.45, 2.75) is 26.8 Å². The van der Waals surface area contributed by atoms with Crippen LogP contribution in [-0.2, 0) is 14.4 Å². The van der Waals surface area contributed by atoms with E-state index in [0.717, 1.165) is 0 Å². The summed E-state index contributed by atoms with van der Waals surface area (Å²) in [6, 6.07) is 6.23. The molecule has 1 rings (SSSR count). The Balaban J connectivity index is 2.31. The number of carbonyl (C=O) groups excluding carboxylic acids is 3. The number of carbonyl (C=O) groups is 3. The lowest BCUT2D eigenvalue weighted by atomic mass is 10.1. The van der Waals surface area contributed by atoms with Gasteiger partial charge in [-0.3, -0.25) is 14.4 Å². The van der Waals surface area contributed by atoms with Crippen LogP contribution in [0.5, 0.6) is 5.75 Å². The van der Waals surface area contributed by atoms with Crippen molar-refractivity contribution in [2.75, 3.05) is 25.0 Å². The van der Waals surface area contributed by atoms with Crippen LogP contribution in [-0.4, -0.2) is 43.5 Å². The smallest absolute Gasteiger partial charge is 0.243 e. The fourth-order valence-corrected chi connectivity index (χ4v) is 1.84. The SMILES string of the molecule is CCOc1ccc(NC(=O)CNC(=O)CNC(=O)[C@@H](N)C(C)C)cc1. The van der Waals surface area contributed by atoms with Crippen molar-refractivity contribution < 1.29 is 19.1 Å². The van der Waals surface area contributed by atoms with E-state index in [4.69, 9.17) is 10.5 Å². The molecular weight excluding hydrogens is 324 g/mol. The van der Waals surface area contributed by atoms with Gasteiger partial charge in [0.1, 0.15) is 5.75 Å². The molecule has 0 spiro atoms. The monoisotopic (exact) mass is 350 g/mol. The average Bonchev–Trinajstić information content (AvgIpc) is 2.59. The van der Waals surface area contributed by atoms with Crippen LogP contribution < -0.4 is 26.4 Å². The number of hydrogen-bond acceptors (Lipinski definition) is 5. The molecule has 5 N–H and O–H groups in total. The van der Waals surface area contributed by atoms with Gasteiger partial charge < -0.3 is 26.4 Å². The zero-order valence-corrected chi connectivity index (χ0v) is 14.8. The molecule has 25 heavy (non-hydrogen) atoms. The number of rotatable bonds is 9. The quantitative estimate of drug-likeness (QED) is 0.508. The summed E-state index contributed by atoms with van der Waals surface area (Å²) >= 11 is 0. The topological polar surface area (TPSA) is 123 Å². The summed E-state index contributed by atoms with van der Waals surface area (Å²) in [4.78, 5) is 35.1. The minimum Gasteiger partial charge on any atom is -0.494 e. The first-order valence-electron chi connectivity index (χ1n) is 8.16. The summed E-state index contributed by atoms with van der Waals surface area (Å²) in [5.41, 5.74) is 6.26. The van der Waals surface area contributed by atoms with Crippen molar-refractivity contribution in [3.8, 4) is 5.75 Å². The van der Waals surface area contributed by atoms with E-state index in [-0.39, 0.29) is 24.9 Å². The van der Waals surface area contributed by atoms with Crippen molar-refractivity contribution in [3.05, 3.63) is 24.3 Å². The largest absolute Gasteiger partial charge is 0.494 e. The maximum absolute atomic E-state index is 11.8. The number of ether oxygens (including phenoxy) is 1. The van der Waals surface area contributed by atoms with E-state index in [9.17, 15) is 14.4 Å². The second-order valence-electron chi connectivity index (χ2n) is 5.77. The Morgan fingerprint density at radius 3 is 2.20 bits per heavy atom. The van der Waals surface area contributed by atoms with E-state index >= 15 is 0 Å². The molecule has 8 nitrogen and oxygen atoms in total. The lowest BCUT2D eigenvalue weighted by molar-refractivity contribution is -0.127. The lowest BCUT2D eigenvalue weighted by Gasteiger charge is -2.15. The molecule has 0 bridgehead atoms. The highest BCUT2D eigenvalue weighted by Gasteiger charge is 2.17. The summed E-state index contributed by atoms with van der Waals surface area (Å²) in [7, 11) is 0. The Morgan fingerprint density at radius 2 is 1.64 bits per heavy atom. The third-order valence-electron chi connectivity index (χ3n) is 3.34. The molecule has 0 heterocycles. The zero-order valence-electron chi connectivity index (χ0n) is 14.8. The Bertz CT molecular complexity index is 587. The van der Waals surface area contributed by atoms with Crippen molar-refractivity contribution in [2.24, 2.45) is 11.7 Å². The van der Waals surface area contributed by atoms with E-state index in [0.29, 0.717) is 18.0 Å². The van der Waals surface area contributed by atoms with Gasteiger partial charge in [0.2, 0.25) is 17.7 Å². The Hall–Kier alpha value is -2.61. The molecule has 138 valence electrons. The van der Waals surface area contributed by atoms with Crippen molar-refractivity contribution >= 4 is 23.4 Å². The molecule has 0 unspecified atom stereocenters. The molecule has 0 aliphatic carbocycles. The maximum atomic E-state index is 11.8. The minimum absolute atomic E-state index is 0.0250. The number of benzene rings is 1. The van der Waals surface area contributed by atoms with Gasteiger partial charge >= 0.3 is 0 Å². The summed E-state index contributed by atoms with van der Waals surface area (Å²) < 4.78 is 5.31. The van der Waals surface area contributed by atoms with Gasteiger partial charge in [-0.25, -0.2) is 0 Å². The van der Waals surface area contributed by atoms with Crippen LogP contribution in [0.1, 0.15) is 20.8 Å². The average molecular weight is 350 g/mol. The second-order valence-corrected chi connectivity index (χ2v) is 5.77. The molecule has 0 aliphatic heterocycles. The number of amides is 3. The highest BCUT2D eigenvalue weighted by molar-refractivity contribution is 5.95. The molecule has 1 aromatic carbocycles. The summed E-state index contributed by atoms with van der Waals surface area (Å²) in [5, 5.41) is 7.51. The third-order valence-corrected chi connectivity index (χ3v) is 3.34. The van der Waals surface area contributed by atoms with Gasteiger partial charge in [0.25, 0.3) is 0 Å². The molecule has 0 saturated heterocycles.